The Hall–Kier alpha value is -1.55. The van der Waals surface area contributed by atoms with Gasteiger partial charge in [-0.05, 0) is 49.8 Å². The molecule has 24 heavy (non-hydrogen) atoms. The van der Waals surface area contributed by atoms with Crippen LogP contribution in [0.4, 0.5) is 0 Å². The van der Waals surface area contributed by atoms with Gasteiger partial charge in [-0.3, -0.25) is 4.79 Å². The van der Waals surface area contributed by atoms with Gasteiger partial charge in [0, 0.05) is 19.0 Å². The molecule has 2 saturated carbocycles. The molecule has 0 aromatic heterocycles. The molecule has 2 atom stereocenters. The average Bonchev–Trinajstić information content (AvgIpc) is 3.42. The highest BCUT2D eigenvalue weighted by atomic mass is 16.5. The third-order valence-corrected chi connectivity index (χ3v) is 6.52. The van der Waals surface area contributed by atoms with E-state index in [1.54, 1.807) is 7.11 Å². The van der Waals surface area contributed by atoms with E-state index in [9.17, 15) is 9.90 Å². The molecule has 0 spiro atoms. The molecular weight excluding hydrogens is 302 g/mol. The lowest BCUT2D eigenvalue weighted by molar-refractivity contribution is -0.145. The van der Waals surface area contributed by atoms with Crippen molar-refractivity contribution in [3.05, 3.63) is 29.8 Å². The summed E-state index contributed by atoms with van der Waals surface area (Å²) in [5, 5.41) is 10.8. The maximum atomic E-state index is 13.2. The SMILES string of the molecule is COc1ccc(C2(C(=O)N3CC[C@@]4(O)CCCC[C@H]4C3)CC2)cc1. The fourth-order valence-electron chi connectivity index (χ4n) is 4.72. The number of hydrogen-bond donors (Lipinski definition) is 1. The van der Waals surface area contributed by atoms with E-state index < -0.39 is 5.60 Å². The van der Waals surface area contributed by atoms with Crippen molar-refractivity contribution in [3.63, 3.8) is 0 Å². The van der Waals surface area contributed by atoms with Gasteiger partial charge in [0.2, 0.25) is 5.91 Å². The fraction of sp³-hybridized carbons (Fsp3) is 0.650. The lowest BCUT2D eigenvalue weighted by Crippen LogP contribution is -2.56. The van der Waals surface area contributed by atoms with Crippen LogP contribution in [0.15, 0.2) is 24.3 Å². The third-order valence-electron chi connectivity index (χ3n) is 6.52. The lowest BCUT2D eigenvalue weighted by atomic mass is 9.71. The number of ether oxygens (including phenoxy) is 1. The third kappa shape index (κ3) is 2.52. The lowest BCUT2D eigenvalue weighted by Gasteiger charge is -2.48. The predicted octanol–water partition coefficient (Wildman–Crippen LogP) is 2.88. The first-order valence-electron chi connectivity index (χ1n) is 9.24. The van der Waals surface area contributed by atoms with Crippen LogP contribution in [0.25, 0.3) is 0 Å². The second kappa shape index (κ2) is 5.76. The predicted molar refractivity (Wildman–Crippen MR) is 92.0 cm³/mol. The number of benzene rings is 1. The molecule has 0 unspecified atom stereocenters. The second-order valence-corrected chi connectivity index (χ2v) is 7.86. The normalized spacial score (nSPS) is 31.2. The Labute approximate surface area is 143 Å². The first-order chi connectivity index (χ1) is 11.6. The van der Waals surface area contributed by atoms with Gasteiger partial charge in [-0.25, -0.2) is 0 Å². The molecule has 1 aliphatic heterocycles. The topological polar surface area (TPSA) is 49.8 Å². The van der Waals surface area contributed by atoms with E-state index in [4.69, 9.17) is 4.74 Å². The van der Waals surface area contributed by atoms with Gasteiger partial charge in [0.15, 0.2) is 0 Å². The number of hydrogen-bond acceptors (Lipinski definition) is 3. The van der Waals surface area contributed by atoms with Gasteiger partial charge in [-0.15, -0.1) is 0 Å². The Morgan fingerprint density at radius 1 is 1.17 bits per heavy atom. The maximum Gasteiger partial charge on any atom is 0.233 e. The van der Waals surface area contributed by atoms with Crippen LogP contribution in [0.1, 0.15) is 50.5 Å². The van der Waals surface area contributed by atoms with Crippen LogP contribution in [0.5, 0.6) is 5.75 Å². The van der Waals surface area contributed by atoms with E-state index in [2.05, 4.69) is 0 Å². The number of likely N-dealkylation sites (tertiary alicyclic amines) is 1. The van der Waals surface area contributed by atoms with Gasteiger partial charge >= 0.3 is 0 Å². The maximum absolute atomic E-state index is 13.2. The Bertz CT molecular complexity index is 622. The van der Waals surface area contributed by atoms with Crippen molar-refractivity contribution < 1.29 is 14.6 Å². The number of amides is 1. The number of methoxy groups -OCH3 is 1. The van der Waals surface area contributed by atoms with Crippen LogP contribution in [-0.4, -0.2) is 41.7 Å². The molecular formula is C20H27NO3. The second-order valence-electron chi connectivity index (χ2n) is 7.86. The van der Waals surface area contributed by atoms with Crippen molar-refractivity contribution in [1.29, 1.82) is 0 Å². The summed E-state index contributed by atoms with van der Waals surface area (Å²) < 4.78 is 5.23. The van der Waals surface area contributed by atoms with Gasteiger partial charge in [0.1, 0.15) is 5.75 Å². The molecule has 1 N–H and O–H groups in total. The van der Waals surface area contributed by atoms with Crippen molar-refractivity contribution >= 4 is 5.91 Å². The van der Waals surface area contributed by atoms with Crippen molar-refractivity contribution in [1.82, 2.24) is 4.90 Å². The van der Waals surface area contributed by atoms with Crippen LogP contribution in [0.2, 0.25) is 0 Å². The minimum atomic E-state index is -0.522. The summed E-state index contributed by atoms with van der Waals surface area (Å²) >= 11 is 0. The molecule has 4 heteroatoms. The standard InChI is InChI=1S/C20H27NO3/c1-24-17-7-5-15(6-8-17)19(10-11-19)18(22)21-13-12-20(23)9-3-2-4-16(20)14-21/h5-8,16,23H,2-4,9-14H2,1H3/t16-,20-/m0/s1. The Balaban J connectivity index is 1.51. The van der Waals surface area contributed by atoms with Crippen LogP contribution < -0.4 is 4.74 Å². The van der Waals surface area contributed by atoms with E-state index in [1.165, 1.54) is 6.42 Å². The molecule has 1 heterocycles. The summed E-state index contributed by atoms with van der Waals surface area (Å²) in [4.78, 5) is 15.3. The molecule has 0 radical (unpaired) electrons. The summed E-state index contributed by atoms with van der Waals surface area (Å²) in [7, 11) is 1.66. The molecule has 1 aromatic rings. The number of carbonyl (C=O) groups excluding carboxylic acids is 1. The summed E-state index contributed by atoms with van der Waals surface area (Å²) in [6.07, 6.45) is 6.86. The Morgan fingerprint density at radius 3 is 2.58 bits per heavy atom. The molecule has 0 bridgehead atoms. The Morgan fingerprint density at radius 2 is 1.92 bits per heavy atom. The van der Waals surface area contributed by atoms with Crippen LogP contribution in [-0.2, 0) is 10.2 Å². The first-order valence-corrected chi connectivity index (χ1v) is 9.24. The van der Waals surface area contributed by atoms with Crippen LogP contribution in [0.3, 0.4) is 0 Å². The highest BCUT2D eigenvalue weighted by molar-refractivity contribution is 5.91. The number of rotatable bonds is 3. The van der Waals surface area contributed by atoms with E-state index in [1.807, 2.05) is 29.2 Å². The molecule has 3 fully saturated rings. The largest absolute Gasteiger partial charge is 0.497 e. The van der Waals surface area contributed by atoms with Crippen molar-refractivity contribution in [2.24, 2.45) is 5.92 Å². The molecule has 130 valence electrons. The zero-order valence-corrected chi connectivity index (χ0v) is 14.5. The van der Waals surface area contributed by atoms with Crippen LogP contribution in [0, 0.1) is 5.92 Å². The van der Waals surface area contributed by atoms with E-state index in [-0.39, 0.29) is 17.2 Å². The van der Waals surface area contributed by atoms with Gasteiger partial charge in [0.05, 0.1) is 18.1 Å². The quantitative estimate of drug-likeness (QED) is 0.928. The van der Waals surface area contributed by atoms with Crippen LogP contribution >= 0.6 is 0 Å². The van der Waals surface area contributed by atoms with Crippen molar-refractivity contribution in [2.75, 3.05) is 20.2 Å². The first kappa shape index (κ1) is 15.9. The van der Waals surface area contributed by atoms with Gasteiger partial charge in [-0.1, -0.05) is 25.0 Å². The summed E-state index contributed by atoms with van der Waals surface area (Å²) in [5.41, 5.74) is 0.264. The average molecular weight is 329 g/mol. The zero-order valence-electron chi connectivity index (χ0n) is 14.5. The minimum absolute atomic E-state index is 0.260. The number of piperidine rings is 1. The van der Waals surface area contributed by atoms with E-state index in [0.717, 1.165) is 56.4 Å². The summed E-state index contributed by atoms with van der Waals surface area (Å²) in [6.45, 7) is 1.43. The summed E-state index contributed by atoms with van der Waals surface area (Å²) in [6, 6.07) is 7.95. The number of fused-ring (bicyclic) bond motifs is 1. The molecule has 1 amide bonds. The molecule has 4 rings (SSSR count). The monoisotopic (exact) mass is 329 g/mol. The molecule has 1 saturated heterocycles. The van der Waals surface area contributed by atoms with Crippen molar-refractivity contribution in [3.8, 4) is 5.75 Å². The smallest absolute Gasteiger partial charge is 0.233 e. The Kier molecular flexibility index (Phi) is 3.83. The van der Waals surface area contributed by atoms with Gasteiger partial charge < -0.3 is 14.7 Å². The minimum Gasteiger partial charge on any atom is -0.497 e. The fourth-order valence-corrected chi connectivity index (χ4v) is 4.72. The number of nitrogens with zero attached hydrogens (tertiary/aromatic N) is 1. The summed E-state index contributed by atoms with van der Waals surface area (Å²) in [5.74, 6) is 1.35. The molecule has 2 aliphatic carbocycles. The highest BCUT2D eigenvalue weighted by Gasteiger charge is 2.55. The van der Waals surface area contributed by atoms with Gasteiger partial charge in [-0.2, -0.15) is 0 Å². The molecule has 3 aliphatic rings. The highest BCUT2D eigenvalue weighted by Crippen LogP contribution is 2.51. The van der Waals surface area contributed by atoms with E-state index in [0.29, 0.717) is 6.54 Å². The van der Waals surface area contributed by atoms with Gasteiger partial charge in [0.25, 0.3) is 0 Å². The number of aliphatic hydroxyl groups is 1. The number of carbonyl (C=O) groups is 1. The molecule has 4 nitrogen and oxygen atoms in total. The zero-order chi connectivity index (χ0) is 16.8. The van der Waals surface area contributed by atoms with Crippen molar-refractivity contribution in [2.45, 2.75) is 56.0 Å². The van der Waals surface area contributed by atoms with E-state index >= 15 is 0 Å². The molecule has 1 aromatic carbocycles.